The van der Waals surface area contributed by atoms with Crippen LogP contribution in [0.5, 0.6) is 0 Å². The lowest BCUT2D eigenvalue weighted by atomic mass is 10.0. The van der Waals surface area contributed by atoms with Gasteiger partial charge in [0.05, 0.1) is 12.2 Å². The van der Waals surface area contributed by atoms with Crippen molar-refractivity contribution in [2.75, 3.05) is 32.8 Å². The smallest absolute Gasteiger partial charge is 0.0600 e. The lowest BCUT2D eigenvalue weighted by Gasteiger charge is -2.37. The molecular weight excluding hydrogens is 212 g/mol. The van der Waals surface area contributed by atoms with Crippen molar-refractivity contribution in [3.05, 3.63) is 0 Å². The van der Waals surface area contributed by atoms with E-state index in [1.807, 2.05) is 0 Å². The molecule has 17 heavy (non-hydrogen) atoms. The van der Waals surface area contributed by atoms with Gasteiger partial charge in [-0.1, -0.05) is 13.8 Å². The van der Waals surface area contributed by atoms with Gasteiger partial charge in [0, 0.05) is 32.2 Å². The number of piperazine rings is 1. The molecule has 0 aromatic carbocycles. The molecule has 1 N–H and O–H groups in total. The van der Waals surface area contributed by atoms with Gasteiger partial charge in [-0.2, -0.15) is 0 Å². The third kappa shape index (κ3) is 6.39. The highest BCUT2D eigenvalue weighted by molar-refractivity contribution is 4.80. The van der Waals surface area contributed by atoms with Gasteiger partial charge < -0.3 is 10.1 Å². The Morgan fingerprint density at radius 2 is 2.06 bits per heavy atom. The first-order valence-corrected chi connectivity index (χ1v) is 6.97. The Labute approximate surface area is 107 Å². The summed E-state index contributed by atoms with van der Waals surface area (Å²) in [6, 6.07) is 0.687. The van der Waals surface area contributed by atoms with Gasteiger partial charge in [-0.25, -0.2) is 0 Å². The molecule has 3 heteroatoms. The summed E-state index contributed by atoms with van der Waals surface area (Å²) in [5.74, 6) is 0.769. The van der Waals surface area contributed by atoms with Crippen LogP contribution in [0.3, 0.4) is 0 Å². The molecule has 1 rings (SSSR count). The number of ether oxygens (including phenoxy) is 1. The molecule has 0 amide bonds. The SMILES string of the molecule is CC(C)CC1CNCCN1CCOC(C)(C)C. The lowest BCUT2D eigenvalue weighted by Crippen LogP contribution is -2.52. The fourth-order valence-corrected chi connectivity index (χ4v) is 2.34. The minimum Gasteiger partial charge on any atom is -0.375 e. The predicted octanol–water partition coefficient (Wildman–Crippen LogP) is 2.12. The Kier molecular flexibility index (Phi) is 5.90. The Balaban J connectivity index is 2.32. The Morgan fingerprint density at radius 1 is 1.35 bits per heavy atom. The van der Waals surface area contributed by atoms with E-state index in [1.54, 1.807) is 0 Å². The average Bonchev–Trinajstić information content (AvgIpc) is 2.18. The summed E-state index contributed by atoms with van der Waals surface area (Å²) in [6.45, 7) is 16.3. The van der Waals surface area contributed by atoms with E-state index < -0.39 is 0 Å². The highest BCUT2D eigenvalue weighted by atomic mass is 16.5. The van der Waals surface area contributed by atoms with Crippen LogP contribution in [0.4, 0.5) is 0 Å². The second-order valence-corrected chi connectivity index (χ2v) is 6.48. The molecule has 0 bridgehead atoms. The first-order valence-electron chi connectivity index (χ1n) is 6.97. The third-order valence-corrected chi connectivity index (χ3v) is 3.13. The molecule has 1 saturated heterocycles. The van der Waals surface area contributed by atoms with Crippen molar-refractivity contribution in [3.63, 3.8) is 0 Å². The molecule has 0 aromatic heterocycles. The quantitative estimate of drug-likeness (QED) is 0.799. The van der Waals surface area contributed by atoms with Crippen LogP contribution >= 0.6 is 0 Å². The molecule has 102 valence electrons. The lowest BCUT2D eigenvalue weighted by molar-refractivity contribution is -0.0209. The highest BCUT2D eigenvalue weighted by Crippen LogP contribution is 2.14. The van der Waals surface area contributed by atoms with Crippen LogP contribution in [0.1, 0.15) is 41.0 Å². The fourth-order valence-electron chi connectivity index (χ4n) is 2.34. The molecule has 1 fully saturated rings. The van der Waals surface area contributed by atoms with Crippen LogP contribution in [-0.4, -0.2) is 49.3 Å². The highest BCUT2D eigenvalue weighted by Gasteiger charge is 2.23. The van der Waals surface area contributed by atoms with E-state index in [9.17, 15) is 0 Å². The van der Waals surface area contributed by atoms with E-state index in [0.717, 1.165) is 38.7 Å². The minimum atomic E-state index is -0.0123. The first kappa shape index (κ1) is 14.9. The molecule has 1 heterocycles. The first-order chi connectivity index (χ1) is 7.88. The summed E-state index contributed by atoms with van der Waals surface area (Å²) in [4.78, 5) is 2.59. The maximum absolute atomic E-state index is 5.82. The second kappa shape index (κ2) is 6.72. The van der Waals surface area contributed by atoms with Gasteiger partial charge in [0.15, 0.2) is 0 Å². The predicted molar refractivity (Wildman–Crippen MR) is 73.4 cm³/mol. The van der Waals surface area contributed by atoms with Crippen molar-refractivity contribution in [2.24, 2.45) is 5.92 Å². The van der Waals surface area contributed by atoms with Crippen molar-refractivity contribution in [1.82, 2.24) is 10.2 Å². The van der Waals surface area contributed by atoms with E-state index in [4.69, 9.17) is 4.74 Å². The zero-order chi connectivity index (χ0) is 12.9. The van der Waals surface area contributed by atoms with Crippen LogP contribution in [-0.2, 0) is 4.74 Å². The van der Waals surface area contributed by atoms with Crippen molar-refractivity contribution < 1.29 is 4.74 Å². The average molecular weight is 242 g/mol. The zero-order valence-corrected chi connectivity index (χ0v) is 12.3. The van der Waals surface area contributed by atoms with Crippen LogP contribution in [0.2, 0.25) is 0 Å². The maximum Gasteiger partial charge on any atom is 0.0600 e. The van der Waals surface area contributed by atoms with Gasteiger partial charge in [-0.15, -0.1) is 0 Å². The number of nitrogens with one attached hydrogen (secondary N) is 1. The standard InChI is InChI=1S/C14H30N2O/c1-12(2)10-13-11-15-6-7-16(13)8-9-17-14(3,4)5/h12-13,15H,6-11H2,1-5H3. The number of hydrogen-bond donors (Lipinski definition) is 1. The molecule has 1 atom stereocenters. The monoisotopic (exact) mass is 242 g/mol. The van der Waals surface area contributed by atoms with E-state index in [1.165, 1.54) is 6.42 Å². The summed E-state index contributed by atoms with van der Waals surface area (Å²) in [5.41, 5.74) is -0.0123. The van der Waals surface area contributed by atoms with E-state index in [0.29, 0.717) is 6.04 Å². The van der Waals surface area contributed by atoms with Crippen molar-refractivity contribution in [2.45, 2.75) is 52.7 Å². The van der Waals surface area contributed by atoms with Crippen molar-refractivity contribution in [3.8, 4) is 0 Å². The largest absolute Gasteiger partial charge is 0.375 e. The summed E-state index contributed by atoms with van der Waals surface area (Å²) < 4.78 is 5.82. The molecule has 0 spiro atoms. The van der Waals surface area contributed by atoms with Gasteiger partial charge in [0.2, 0.25) is 0 Å². The van der Waals surface area contributed by atoms with Crippen LogP contribution in [0.25, 0.3) is 0 Å². The van der Waals surface area contributed by atoms with Gasteiger partial charge in [-0.05, 0) is 33.1 Å². The second-order valence-electron chi connectivity index (χ2n) is 6.48. The summed E-state index contributed by atoms with van der Waals surface area (Å²) >= 11 is 0. The molecule has 0 radical (unpaired) electrons. The van der Waals surface area contributed by atoms with Crippen LogP contribution in [0.15, 0.2) is 0 Å². The molecule has 0 aromatic rings. The molecule has 1 aliphatic rings. The van der Waals surface area contributed by atoms with Gasteiger partial charge in [0.1, 0.15) is 0 Å². The number of nitrogens with zero attached hydrogens (tertiary/aromatic N) is 1. The fraction of sp³-hybridized carbons (Fsp3) is 1.00. The number of hydrogen-bond acceptors (Lipinski definition) is 3. The normalized spacial score (nSPS) is 23.3. The number of rotatable bonds is 5. The van der Waals surface area contributed by atoms with Crippen LogP contribution in [0, 0.1) is 5.92 Å². The molecular formula is C14H30N2O. The molecule has 0 aliphatic carbocycles. The van der Waals surface area contributed by atoms with Crippen molar-refractivity contribution in [1.29, 1.82) is 0 Å². The van der Waals surface area contributed by atoms with Gasteiger partial charge >= 0.3 is 0 Å². The molecule has 3 nitrogen and oxygen atoms in total. The van der Waals surface area contributed by atoms with Crippen molar-refractivity contribution >= 4 is 0 Å². The maximum atomic E-state index is 5.82. The van der Waals surface area contributed by atoms with E-state index in [2.05, 4.69) is 44.8 Å². The Bertz CT molecular complexity index is 211. The topological polar surface area (TPSA) is 24.5 Å². The third-order valence-electron chi connectivity index (χ3n) is 3.13. The summed E-state index contributed by atoms with van der Waals surface area (Å²) in [7, 11) is 0. The van der Waals surface area contributed by atoms with Gasteiger partial charge in [-0.3, -0.25) is 4.90 Å². The van der Waals surface area contributed by atoms with Crippen LogP contribution < -0.4 is 5.32 Å². The minimum absolute atomic E-state index is 0.0123. The van der Waals surface area contributed by atoms with E-state index in [-0.39, 0.29) is 5.60 Å². The van der Waals surface area contributed by atoms with E-state index >= 15 is 0 Å². The zero-order valence-electron chi connectivity index (χ0n) is 12.3. The summed E-state index contributed by atoms with van der Waals surface area (Å²) in [5, 5.41) is 3.49. The molecule has 1 aliphatic heterocycles. The molecule has 1 unspecified atom stereocenters. The Morgan fingerprint density at radius 3 is 2.65 bits per heavy atom. The van der Waals surface area contributed by atoms with Gasteiger partial charge in [0.25, 0.3) is 0 Å². The summed E-state index contributed by atoms with van der Waals surface area (Å²) in [6.07, 6.45) is 1.28. The Hall–Kier alpha value is -0.120. The molecule has 0 saturated carbocycles.